The van der Waals surface area contributed by atoms with E-state index < -0.39 is 5.82 Å². The van der Waals surface area contributed by atoms with Crippen LogP contribution in [0.1, 0.15) is 48.4 Å². The molecule has 0 atom stereocenters. The molecule has 27 heavy (non-hydrogen) atoms. The Hall–Kier alpha value is -2.09. The SMILES string of the molecule is CCCCC1=Cc2c(ccc(/C=C/c3cc(F)c(SC#N)c(Cl)c3)c2F)C1. The Morgan fingerprint density at radius 1 is 1.26 bits per heavy atom. The van der Waals surface area contributed by atoms with E-state index in [0.717, 1.165) is 31.2 Å². The van der Waals surface area contributed by atoms with Gasteiger partial charge in [0.1, 0.15) is 17.0 Å². The van der Waals surface area contributed by atoms with Crippen molar-refractivity contribution in [3.8, 4) is 5.40 Å². The first-order chi connectivity index (χ1) is 13.0. The number of rotatable bonds is 6. The van der Waals surface area contributed by atoms with E-state index in [9.17, 15) is 8.78 Å². The van der Waals surface area contributed by atoms with Crippen molar-refractivity contribution in [3.63, 3.8) is 0 Å². The summed E-state index contributed by atoms with van der Waals surface area (Å²) in [4.78, 5) is 0.102. The van der Waals surface area contributed by atoms with Crippen molar-refractivity contribution in [2.45, 2.75) is 37.5 Å². The van der Waals surface area contributed by atoms with Crippen LogP contribution in [0, 0.1) is 22.3 Å². The average molecular weight is 402 g/mol. The summed E-state index contributed by atoms with van der Waals surface area (Å²) >= 11 is 6.71. The fourth-order valence-electron chi connectivity index (χ4n) is 3.16. The lowest BCUT2D eigenvalue weighted by molar-refractivity contribution is 0.602. The molecule has 1 aliphatic rings. The fraction of sp³-hybridized carbons (Fsp3) is 0.227. The second kappa shape index (κ2) is 8.73. The van der Waals surface area contributed by atoms with E-state index in [1.165, 1.54) is 11.6 Å². The lowest BCUT2D eigenvalue weighted by Gasteiger charge is -2.05. The molecule has 0 amide bonds. The number of nitriles is 1. The molecule has 1 aliphatic carbocycles. The molecule has 2 aromatic rings. The summed E-state index contributed by atoms with van der Waals surface area (Å²) in [6, 6.07) is 6.55. The van der Waals surface area contributed by atoms with E-state index in [0.29, 0.717) is 28.5 Å². The third-order valence-electron chi connectivity index (χ3n) is 4.54. The summed E-state index contributed by atoms with van der Waals surface area (Å²) < 4.78 is 28.9. The molecule has 0 radical (unpaired) electrons. The molecule has 0 aliphatic heterocycles. The molecule has 0 saturated carbocycles. The van der Waals surface area contributed by atoms with E-state index in [4.69, 9.17) is 16.9 Å². The Kier molecular flexibility index (Phi) is 6.36. The van der Waals surface area contributed by atoms with Crippen molar-refractivity contribution in [2.24, 2.45) is 0 Å². The zero-order chi connectivity index (χ0) is 19.4. The summed E-state index contributed by atoms with van der Waals surface area (Å²) in [5.74, 6) is -0.815. The van der Waals surface area contributed by atoms with Crippen LogP contribution in [0.2, 0.25) is 5.02 Å². The molecule has 0 bridgehead atoms. The third kappa shape index (κ3) is 4.43. The molecule has 0 unspecified atom stereocenters. The first-order valence-corrected chi connectivity index (χ1v) is 9.96. The summed E-state index contributed by atoms with van der Waals surface area (Å²) in [7, 11) is 0. The minimum Gasteiger partial charge on any atom is -0.206 e. The second-order valence-corrected chi connectivity index (χ2v) is 7.67. The minimum absolute atomic E-state index is 0.102. The first kappa shape index (κ1) is 19.7. The van der Waals surface area contributed by atoms with Crippen LogP contribution in [0.4, 0.5) is 8.78 Å². The number of nitrogens with zero attached hydrogens (tertiary/aromatic N) is 1. The summed E-state index contributed by atoms with van der Waals surface area (Å²) in [6.07, 6.45) is 9.25. The highest BCUT2D eigenvalue weighted by molar-refractivity contribution is 8.03. The molecule has 0 N–H and O–H groups in total. The van der Waals surface area contributed by atoms with Crippen molar-refractivity contribution in [2.75, 3.05) is 0 Å². The summed E-state index contributed by atoms with van der Waals surface area (Å²) in [5.41, 5.74) is 3.91. The van der Waals surface area contributed by atoms with Gasteiger partial charge in [0.2, 0.25) is 0 Å². The highest BCUT2D eigenvalue weighted by Gasteiger charge is 2.17. The Balaban J connectivity index is 1.85. The van der Waals surface area contributed by atoms with E-state index in [-0.39, 0.29) is 15.7 Å². The summed E-state index contributed by atoms with van der Waals surface area (Å²) in [5, 5.41) is 10.7. The number of halogens is 3. The van der Waals surface area contributed by atoms with Crippen LogP contribution in [0.5, 0.6) is 0 Å². The van der Waals surface area contributed by atoms with Crippen LogP contribution >= 0.6 is 23.4 Å². The van der Waals surface area contributed by atoms with Crippen molar-refractivity contribution in [1.82, 2.24) is 0 Å². The lowest BCUT2D eigenvalue weighted by atomic mass is 10.0. The molecule has 1 nitrogen and oxygen atoms in total. The lowest BCUT2D eigenvalue weighted by Crippen LogP contribution is -1.91. The van der Waals surface area contributed by atoms with Gasteiger partial charge < -0.3 is 0 Å². The van der Waals surface area contributed by atoms with E-state index in [2.05, 4.69) is 6.92 Å². The van der Waals surface area contributed by atoms with Gasteiger partial charge in [0, 0.05) is 11.1 Å². The normalized spacial score (nSPS) is 12.9. The van der Waals surface area contributed by atoms with Crippen LogP contribution < -0.4 is 0 Å². The van der Waals surface area contributed by atoms with Gasteiger partial charge in [-0.05, 0) is 54.3 Å². The number of hydrogen-bond acceptors (Lipinski definition) is 2. The monoisotopic (exact) mass is 401 g/mol. The van der Waals surface area contributed by atoms with Crippen molar-refractivity contribution >= 4 is 41.6 Å². The van der Waals surface area contributed by atoms with Gasteiger partial charge in [0.05, 0.1) is 9.92 Å². The number of fused-ring (bicyclic) bond motifs is 1. The van der Waals surface area contributed by atoms with Gasteiger partial charge in [0.25, 0.3) is 0 Å². The first-order valence-electron chi connectivity index (χ1n) is 8.77. The zero-order valence-corrected chi connectivity index (χ0v) is 16.4. The molecule has 2 aromatic carbocycles. The van der Waals surface area contributed by atoms with Crippen LogP contribution in [-0.4, -0.2) is 0 Å². The predicted molar refractivity (Wildman–Crippen MR) is 109 cm³/mol. The highest BCUT2D eigenvalue weighted by Crippen LogP contribution is 2.33. The minimum atomic E-state index is -0.563. The van der Waals surface area contributed by atoms with Gasteiger partial charge in [-0.2, -0.15) is 5.26 Å². The smallest absolute Gasteiger partial charge is 0.139 e. The molecule has 0 aromatic heterocycles. The van der Waals surface area contributed by atoms with Crippen molar-refractivity contribution in [3.05, 3.63) is 68.7 Å². The fourth-order valence-corrected chi connectivity index (χ4v) is 3.89. The van der Waals surface area contributed by atoms with Crippen LogP contribution in [0.3, 0.4) is 0 Å². The Morgan fingerprint density at radius 2 is 2.07 bits per heavy atom. The topological polar surface area (TPSA) is 23.8 Å². The molecule has 138 valence electrons. The summed E-state index contributed by atoms with van der Waals surface area (Å²) in [6.45, 7) is 2.15. The number of thiocyanates is 1. The molecule has 3 rings (SSSR count). The Morgan fingerprint density at radius 3 is 2.78 bits per heavy atom. The van der Waals surface area contributed by atoms with Crippen LogP contribution in [-0.2, 0) is 6.42 Å². The van der Waals surface area contributed by atoms with Gasteiger partial charge in [-0.15, -0.1) is 0 Å². The molecule has 0 saturated heterocycles. The van der Waals surface area contributed by atoms with Crippen LogP contribution in [0.25, 0.3) is 18.2 Å². The van der Waals surface area contributed by atoms with Crippen molar-refractivity contribution in [1.29, 1.82) is 5.26 Å². The number of allylic oxidation sites excluding steroid dienone is 1. The molecule has 0 fully saturated rings. The number of benzene rings is 2. The number of hydrogen-bond donors (Lipinski definition) is 0. The van der Waals surface area contributed by atoms with Gasteiger partial charge >= 0.3 is 0 Å². The highest BCUT2D eigenvalue weighted by atomic mass is 35.5. The van der Waals surface area contributed by atoms with Gasteiger partial charge in [-0.25, -0.2) is 8.78 Å². The number of thioether (sulfide) groups is 1. The molecular formula is C22H18ClF2NS. The van der Waals surface area contributed by atoms with Gasteiger partial charge in [-0.1, -0.05) is 60.9 Å². The maximum absolute atomic E-state index is 14.9. The van der Waals surface area contributed by atoms with E-state index in [1.54, 1.807) is 24.3 Å². The number of unbranched alkanes of at least 4 members (excludes halogenated alkanes) is 1. The maximum Gasteiger partial charge on any atom is 0.139 e. The maximum atomic E-state index is 14.9. The largest absolute Gasteiger partial charge is 0.206 e. The third-order valence-corrected chi connectivity index (χ3v) is 5.66. The zero-order valence-electron chi connectivity index (χ0n) is 14.9. The second-order valence-electron chi connectivity index (χ2n) is 6.46. The average Bonchev–Trinajstić information content (AvgIpc) is 3.06. The quantitative estimate of drug-likeness (QED) is 0.284. The predicted octanol–water partition coefficient (Wildman–Crippen LogP) is 7.49. The molecule has 5 heteroatoms. The van der Waals surface area contributed by atoms with Gasteiger partial charge in [-0.3, -0.25) is 0 Å². The van der Waals surface area contributed by atoms with Gasteiger partial charge in [0.15, 0.2) is 0 Å². The molecular weight excluding hydrogens is 384 g/mol. The van der Waals surface area contributed by atoms with E-state index >= 15 is 0 Å². The standard InChI is InChI=1S/C22H18ClF2NS/c1-2-3-4-14-9-17-8-7-16(21(25)18(17)10-14)6-5-15-11-19(23)22(27-13-26)20(24)12-15/h5-8,10-12H,2-4,9H2,1H3/b6-5+. The van der Waals surface area contributed by atoms with Crippen molar-refractivity contribution < 1.29 is 8.78 Å². The Bertz CT molecular complexity index is 950. The molecule has 0 heterocycles. The Labute approximate surface area is 167 Å². The molecule has 0 spiro atoms. The van der Waals surface area contributed by atoms with E-state index in [1.807, 2.05) is 17.5 Å². The van der Waals surface area contributed by atoms with Crippen LogP contribution in [0.15, 0.2) is 34.7 Å².